The molecule has 0 aliphatic heterocycles. The van der Waals surface area contributed by atoms with Crippen molar-refractivity contribution in [3.63, 3.8) is 0 Å². The Hall–Kier alpha value is -4.45. The number of rotatable bonds is 6. The highest BCUT2D eigenvalue weighted by atomic mass is 16.6. The van der Waals surface area contributed by atoms with E-state index in [4.69, 9.17) is 5.11 Å². The van der Waals surface area contributed by atoms with Gasteiger partial charge in [-0.15, -0.1) is 0 Å². The molecule has 0 aliphatic rings. The Morgan fingerprint density at radius 2 is 1.97 bits per heavy atom. The lowest BCUT2D eigenvalue weighted by molar-refractivity contribution is -0.384. The van der Waals surface area contributed by atoms with Gasteiger partial charge in [-0.1, -0.05) is 18.2 Å². The standard InChI is InChI=1S/C20H14N4O5/c21-10-13(20(27)22-15-4-2-1-3-5-15)8-14-11-23(12-19(25)26)18-9-16(24(28)29)6-7-17(14)18/h1-9,11H,12H2,(H,22,27)(H,25,26). The van der Waals surface area contributed by atoms with Gasteiger partial charge in [-0.2, -0.15) is 5.26 Å². The van der Waals surface area contributed by atoms with E-state index in [1.54, 1.807) is 30.3 Å². The minimum absolute atomic E-state index is 0.193. The Morgan fingerprint density at radius 3 is 2.59 bits per heavy atom. The molecule has 0 aliphatic carbocycles. The first-order valence-electron chi connectivity index (χ1n) is 8.36. The first kappa shape index (κ1) is 19.3. The van der Waals surface area contributed by atoms with Gasteiger partial charge in [0.05, 0.1) is 10.4 Å². The summed E-state index contributed by atoms with van der Waals surface area (Å²) in [5.41, 5.74) is 0.841. The molecule has 1 aromatic heterocycles. The highest BCUT2D eigenvalue weighted by Gasteiger charge is 2.16. The summed E-state index contributed by atoms with van der Waals surface area (Å²) < 4.78 is 1.32. The highest BCUT2D eigenvalue weighted by Crippen LogP contribution is 2.27. The van der Waals surface area contributed by atoms with Crippen LogP contribution < -0.4 is 5.32 Å². The highest BCUT2D eigenvalue weighted by molar-refractivity contribution is 6.10. The number of carboxylic acid groups (broad SMARTS) is 1. The normalized spacial score (nSPS) is 11.1. The lowest BCUT2D eigenvalue weighted by Gasteiger charge is -2.03. The van der Waals surface area contributed by atoms with E-state index in [9.17, 15) is 25.0 Å². The molecular formula is C20H14N4O5. The van der Waals surface area contributed by atoms with Gasteiger partial charge < -0.3 is 15.0 Å². The van der Waals surface area contributed by atoms with E-state index < -0.39 is 23.3 Å². The van der Waals surface area contributed by atoms with Crippen molar-refractivity contribution in [3.05, 3.63) is 76.0 Å². The maximum Gasteiger partial charge on any atom is 0.323 e. The average Bonchev–Trinajstić information content (AvgIpc) is 3.02. The topological polar surface area (TPSA) is 138 Å². The maximum absolute atomic E-state index is 12.4. The van der Waals surface area contributed by atoms with Gasteiger partial charge in [0.2, 0.25) is 0 Å². The molecule has 0 radical (unpaired) electrons. The minimum Gasteiger partial charge on any atom is -0.480 e. The Labute approximate surface area is 164 Å². The van der Waals surface area contributed by atoms with Crippen molar-refractivity contribution in [2.75, 3.05) is 5.32 Å². The molecule has 1 heterocycles. The molecule has 2 N–H and O–H groups in total. The van der Waals surface area contributed by atoms with Gasteiger partial charge in [-0.3, -0.25) is 19.7 Å². The number of nitro groups is 1. The van der Waals surface area contributed by atoms with Crippen LogP contribution in [0.1, 0.15) is 5.56 Å². The number of para-hydroxylation sites is 1. The van der Waals surface area contributed by atoms with Gasteiger partial charge in [0.25, 0.3) is 11.6 Å². The van der Waals surface area contributed by atoms with Gasteiger partial charge in [-0.05, 0) is 24.3 Å². The number of fused-ring (bicyclic) bond motifs is 1. The molecule has 9 nitrogen and oxygen atoms in total. The second-order valence-electron chi connectivity index (χ2n) is 6.05. The number of carboxylic acids is 1. The van der Waals surface area contributed by atoms with Crippen LogP contribution in [0, 0.1) is 21.4 Å². The van der Waals surface area contributed by atoms with E-state index in [2.05, 4.69) is 5.32 Å². The van der Waals surface area contributed by atoms with Crippen LogP contribution in [-0.2, 0) is 16.1 Å². The monoisotopic (exact) mass is 390 g/mol. The number of non-ortho nitro benzene ring substituents is 1. The van der Waals surface area contributed by atoms with E-state index in [0.29, 0.717) is 22.2 Å². The van der Waals surface area contributed by atoms with Crippen molar-refractivity contribution in [2.24, 2.45) is 0 Å². The van der Waals surface area contributed by atoms with Crippen molar-refractivity contribution in [2.45, 2.75) is 6.54 Å². The number of hydrogen-bond donors (Lipinski definition) is 2. The zero-order chi connectivity index (χ0) is 21.0. The summed E-state index contributed by atoms with van der Waals surface area (Å²) in [7, 11) is 0. The van der Waals surface area contributed by atoms with Crippen LogP contribution in [0.15, 0.2) is 60.3 Å². The maximum atomic E-state index is 12.4. The number of carbonyl (C=O) groups is 2. The summed E-state index contributed by atoms with van der Waals surface area (Å²) in [4.78, 5) is 34.0. The quantitative estimate of drug-likeness (QED) is 0.287. The number of nitriles is 1. The average molecular weight is 390 g/mol. The summed E-state index contributed by atoms with van der Waals surface area (Å²) >= 11 is 0. The lowest BCUT2D eigenvalue weighted by Crippen LogP contribution is -2.13. The number of hydrogen-bond acceptors (Lipinski definition) is 5. The number of benzene rings is 2. The summed E-state index contributed by atoms with van der Waals surface area (Å²) in [5.74, 6) is -1.76. The number of amides is 1. The largest absolute Gasteiger partial charge is 0.480 e. The predicted molar refractivity (Wildman–Crippen MR) is 105 cm³/mol. The fourth-order valence-corrected chi connectivity index (χ4v) is 2.84. The first-order chi connectivity index (χ1) is 13.9. The minimum atomic E-state index is -1.13. The van der Waals surface area contributed by atoms with E-state index in [1.807, 2.05) is 6.07 Å². The molecule has 0 fully saturated rings. The zero-order valence-electron chi connectivity index (χ0n) is 14.9. The van der Waals surface area contributed by atoms with Gasteiger partial charge in [0.1, 0.15) is 18.2 Å². The SMILES string of the molecule is N#CC(=Cc1cn(CC(=O)O)c2cc([N+](=O)[O-])ccc12)C(=O)Nc1ccccc1. The number of anilines is 1. The van der Waals surface area contributed by atoms with Gasteiger partial charge in [0, 0.05) is 35.0 Å². The zero-order valence-corrected chi connectivity index (χ0v) is 14.9. The van der Waals surface area contributed by atoms with Crippen LogP contribution >= 0.6 is 0 Å². The van der Waals surface area contributed by atoms with Gasteiger partial charge >= 0.3 is 5.97 Å². The molecule has 0 unspecified atom stereocenters. The molecule has 144 valence electrons. The first-order valence-corrected chi connectivity index (χ1v) is 8.36. The van der Waals surface area contributed by atoms with Gasteiger partial charge in [0.15, 0.2) is 0 Å². The predicted octanol–water partition coefficient (Wildman–Crippen LogP) is 3.18. The summed E-state index contributed by atoms with van der Waals surface area (Å²) in [6.45, 7) is -0.427. The van der Waals surface area contributed by atoms with Gasteiger partial charge in [-0.25, -0.2) is 0 Å². The molecule has 0 spiro atoms. The number of aromatic nitrogens is 1. The third-order valence-electron chi connectivity index (χ3n) is 4.11. The van der Waals surface area contributed by atoms with E-state index >= 15 is 0 Å². The molecule has 0 bridgehead atoms. The summed E-state index contributed by atoms with van der Waals surface area (Å²) in [5, 5.41) is 32.6. The summed E-state index contributed by atoms with van der Waals surface area (Å²) in [6, 6.07) is 14.4. The number of aliphatic carboxylic acids is 1. The van der Waals surface area contributed by atoms with E-state index in [1.165, 1.54) is 35.0 Å². The van der Waals surface area contributed by atoms with Crippen LogP contribution in [0.25, 0.3) is 17.0 Å². The number of nitrogens with zero attached hydrogens (tertiary/aromatic N) is 3. The van der Waals surface area contributed by atoms with Crippen LogP contribution in [0.4, 0.5) is 11.4 Å². The molecule has 3 aromatic rings. The Morgan fingerprint density at radius 1 is 1.24 bits per heavy atom. The smallest absolute Gasteiger partial charge is 0.323 e. The van der Waals surface area contributed by atoms with Crippen molar-refractivity contribution >= 4 is 40.2 Å². The van der Waals surface area contributed by atoms with Crippen molar-refractivity contribution in [3.8, 4) is 6.07 Å². The Kier molecular flexibility index (Phi) is 5.37. The fraction of sp³-hybridized carbons (Fsp3) is 0.0500. The molecular weight excluding hydrogens is 376 g/mol. The summed E-state index contributed by atoms with van der Waals surface area (Å²) in [6.07, 6.45) is 2.76. The van der Waals surface area contributed by atoms with Crippen molar-refractivity contribution in [1.82, 2.24) is 4.57 Å². The van der Waals surface area contributed by atoms with Crippen molar-refractivity contribution < 1.29 is 19.6 Å². The van der Waals surface area contributed by atoms with Crippen LogP contribution in [0.3, 0.4) is 0 Å². The van der Waals surface area contributed by atoms with E-state index in [-0.39, 0.29) is 11.3 Å². The molecule has 1 amide bonds. The van der Waals surface area contributed by atoms with Crippen LogP contribution in [0.2, 0.25) is 0 Å². The van der Waals surface area contributed by atoms with Crippen LogP contribution in [0.5, 0.6) is 0 Å². The number of nitrogens with one attached hydrogen (secondary N) is 1. The molecule has 2 aromatic carbocycles. The molecule has 0 atom stereocenters. The number of nitro benzene ring substituents is 1. The lowest BCUT2D eigenvalue weighted by atomic mass is 10.1. The number of carbonyl (C=O) groups excluding carboxylic acids is 1. The fourth-order valence-electron chi connectivity index (χ4n) is 2.84. The molecule has 3 rings (SSSR count). The van der Waals surface area contributed by atoms with Crippen LogP contribution in [-0.4, -0.2) is 26.5 Å². The second-order valence-corrected chi connectivity index (χ2v) is 6.05. The Bertz CT molecular complexity index is 1190. The Balaban J connectivity index is 2.05. The third kappa shape index (κ3) is 4.28. The third-order valence-corrected chi connectivity index (χ3v) is 4.11. The van der Waals surface area contributed by atoms with E-state index in [0.717, 1.165) is 0 Å². The molecule has 0 saturated heterocycles. The van der Waals surface area contributed by atoms with Crippen molar-refractivity contribution in [1.29, 1.82) is 5.26 Å². The molecule has 9 heteroatoms. The molecule has 0 saturated carbocycles. The molecule has 29 heavy (non-hydrogen) atoms. The second kappa shape index (κ2) is 8.06.